The van der Waals surface area contributed by atoms with Crippen molar-refractivity contribution in [3.63, 3.8) is 0 Å². The molecule has 1 N–H and O–H groups in total. The van der Waals surface area contributed by atoms with Crippen molar-refractivity contribution in [2.24, 2.45) is 0 Å². The van der Waals surface area contributed by atoms with Gasteiger partial charge in [0, 0.05) is 64.4 Å². The van der Waals surface area contributed by atoms with Gasteiger partial charge in [-0.1, -0.05) is 58.2 Å². The minimum atomic E-state index is -0.833. The minimum absolute atomic E-state index is 0.203. The van der Waals surface area contributed by atoms with E-state index in [0.717, 1.165) is 39.0 Å². The number of hydrogen-bond donors (Lipinski definition) is 1. The summed E-state index contributed by atoms with van der Waals surface area (Å²) in [6.07, 6.45) is 25.2. The average molecular weight is 1190 g/mol. The van der Waals surface area contributed by atoms with Crippen LogP contribution >= 0.6 is 74.5 Å². The van der Waals surface area contributed by atoms with E-state index in [0.29, 0.717) is 19.9 Å². The molecule has 0 unspecified atom stereocenters. The number of halogens is 5. The van der Waals surface area contributed by atoms with Crippen LogP contribution in [-0.4, -0.2) is 23.7 Å². The molecule has 45 heavy (non-hydrogen) atoms. The van der Waals surface area contributed by atoms with Gasteiger partial charge in [-0.15, -0.1) is 0 Å². The molecule has 0 saturated heterocycles. The summed E-state index contributed by atoms with van der Waals surface area (Å²) >= 11 is 9.54. The third-order valence-electron chi connectivity index (χ3n) is 6.10. The first kappa shape index (κ1) is 52.7. The van der Waals surface area contributed by atoms with Gasteiger partial charge >= 0.3 is 56.5 Å². The number of esters is 1. The van der Waals surface area contributed by atoms with E-state index in [2.05, 4.69) is 167 Å². The normalized spacial score (nSPS) is 13.0. The van der Waals surface area contributed by atoms with E-state index < -0.39 is 5.97 Å². The van der Waals surface area contributed by atoms with Crippen molar-refractivity contribution in [3.05, 3.63) is 75.8 Å². The topological polar surface area (TPSA) is 63.6 Å². The van der Waals surface area contributed by atoms with Gasteiger partial charge in [-0.05, 0) is 99.8 Å². The molecule has 0 spiro atoms. The van der Waals surface area contributed by atoms with E-state index in [1.165, 1.54) is 66.9 Å². The third-order valence-corrected chi connectivity index (χ3v) is 6.10. The van der Waals surface area contributed by atoms with E-state index in [4.69, 9.17) is 14.6 Å². The average Bonchev–Trinajstić information content (AvgIpc) is 3.78. The Bertz CT molecular complexity index is 942. The van der Waals surface area contributed by atoms with Crippen molar-refractivity contribution in [2.45, 2.75) is 133 Å². The fourth-order valence-electron chi connectivity index (χ4n) is 3.63. The number of hydrogen-bond acceptors (Lipinski definition) is 3. The molecule has 1 saturated carbocycles. The third kappa shape index (κ3) is 54.6. The Morgan fingerprint density at radius 3 is 1.31 bits per heavy atom. The maximum atomic E-state index is 10.6. The molecule has 262 valence electrons. The van der Waals surface area contributed by atoms with Crippen LogP contribution in [0.4, 0.5) is 0 Å². The molecule has 0 aromatic rings. The number of carboxylic acids is 1. The molecule has 0 heterocycles. The number of carbonyl (C=O) groups excluding carboxylic acids is 1. The molecule has 9 heteroatoms. The number of carbonyl (C=O) groups is 2. The molecular weight excluding hydrogens is 1130 g/mol. The number of allylic oxidation sites excluding steroid dienone is 11. The van der Waals surface area contributed by atoms with Crippen LogP contribution < -0.4 is 13.3 Å². The Balaban J connectivity index is -0.000000298. The van der Waals surface area contributed by atoms with E-state index in [1.54, 1.807) is 11.1 Å². The predicted molar refractivity (Wildman–Crippen MR) is 229 cm³/mol. The quantitative estimate of drug-likeness (QED) is 0.0584. The summed E-state index contributed by atoms with van der Waals surface area (Å²) in [4.78, 5) is 19.6. The molecule has 1 aliphatic rings. The molecule has 0 bridgehead atoms. The van der Waals surface area contributed by atoms with Gasteiger partial charge in [-0.2, -0.15) is 0 Å². The van der Waals surface area contributed by atoms with Gasteiger partial charge in [0.05, 0.1) is 25.0 Å². The van der Waals surface area contributed by atoms with Crippen molar-refractivity contribution in [1.29, 1.82) is 0 Å². The van der Waals surface area contributed by atoms with Crippen molar-refractivity contribution >= 4 is 86.4 Å². The first-order chi connectivity index (χ1) is 21.2. The van der Waals surface area contributed by atoms with Crippen LogP contribution in [0.2, 0.25) is 0 Å². The summed E-state index contributed by atoms with van der Waals surface area (Å²) in [5.74, 6) is -1.04. The van der Waals surface area contributed by atoms with Crippen LogP contribution in [0.1, 0.15) is 133 Å². The SMILES string of the molecule is CC(=O)O.CC(=O)OCC/C=C(\C)CC/C=C(\C)CCC=C(C)C.CC(C)=CCC/C(C)=C/CC/C(C)=C1/[CH+]C1.II.I[I-]I. The standard InChI is InChI=1S/C18H30O2.C16H25.C2H4O2.I3.I2/c1-15(2)9-6-10-16(3)11-7-12-17(4)13-8-14-20-18(5)19;1-13(2)7-5-8-14(3)9-6-10-15(4)16-11-12-16;1-2(3)4;1-3-2;1-2/h9,11,13H,6-8,10,12,14H2,1-5H3;7,9,11H,5-6,8,10,12H2,1-4H3;1H3,(H,3,4);;/q;+1;;-1;/b16-11+,17-13+;14-9+,16-15-;;;. The first-order valence-electron chi connectivity index (χ1n) is 15.3. The van der Waals surface area contributed by atoms with Crippen molar-refractivity contribution in [1.82, 2.24) is 0 Å². The predicted octanol–water partition coefficient (Wildman–Crippen LogP) is 11.4. The van der Waals surface area contributed by atoms with Crippen molar-refractivity contribution < 1.29 is 32.7 Å². The molecule has 0 radical (unpaired) electrons. The fraction of sp³-hybridized carbons (Fsp3) is 0.583. The summed E-state index contributed by atoms with van der Waals surface area (Å²) < 4.78 is 4.90. The monoisotopic (exact) mass is 1190 g/mol. The van der Waals surface area contributed by atoms with E-state index >= 15 is 0 Å². The molecule has 4 nitrogen and oxygen atoms in total. The van der Waals surface area contributed by atoms with E-state index in [9.17, 15) is 4.79 Å². The molecule has 0 aliphatic heterocycles. The molecule has 1 rings (SSSR count). The fourth-order valence-corrected chi connectivity index (χ4v) is 3.63. The summed E-state index contributed by atoms with van der Waals surface area (Å²) in [5, 5.41) is 7.42. The van der Waals surface area contributed by atoms with Crippen LogP contribution in [0.15, 0.2) is 69.4 Å². The summed E-state index contributed by atoms with van der Waals surface area (Å²) in [7, 11) is 0. The molecule has 0 aromatic heterocycles. The maximum absolute atomic E-state index is 10.6. The zero-order chi connectivity index (χ0) is 35.6. The van der Waals surface area contributed by atoms with Gasteiger partial charge in [-0.3, -0.25) is 9.59 Å². The summed E-state index contributed by atoms with van der Waals surface area (Å²) in [5.41, 5.74) is 10.4. The summed E-state index contributed by atoms with van der Waals surface area (Å²) in [6, 6.07) is 0. The van der Waals surface area contributed by atoms with Gasteiger partial charge < -0.3 is 9.84 Å². The van der Waals surface area contributed by atoms with Gasteiger partial charge in [0.15, 0.2) is 0 Å². The second kappa shape index (κ2) is 39.3. The zero-order valence-electron chi connectivity index (χ0n) is 29.3. The molecule has 0 amide bonds. The van der Waals surface area contributed by atoms with Gasteiger partial charge in [0.2, 0.25) is 0 Å². The van der Waals surface area contributed by atoms with Gasteiger partial charge in [-0.25, -0.2) is 0 Å². The Morgan fingerprint density at radius 1 is 0.689 bits per heavy atom. The Morgan fingerprint density at radius 2 is 1.00 bits per heavy atom. The van der Waals surface area contributed by atoms with Crippen LogP contribution in [0.5, 0.6) is 0 Å². The Hall–Kier alpha value is 0.900. The van der Waals surface area contributed by atoms with Gasteiger partial charge in [0.25, 0.3) is 5.97 Å². The van der Waals surface area contributed by atoms with Crippen LogP contribution in [-0.2, 0) is 14.3 Å². The van der Waals surface area contributed by atoms with E-state index in [1.807, 2.05) is 0 Å². The van der Waals surface area contributed by atoms with Crippen LogP contribution in [0.3, 0.4) is 0 Å². The number of rotatable bonds is 15. The molecule has 0 aromatic carbocycles. The molecule has 1 aliphatic carbocycles. The molecule has 1 fully saturated rings. The zero-order valence-corrected chi connectivity index (χ0v) is 40.1. The number of carboxylic acid groups (broad SMARTS) is 1. The second-order valence-electron chi connectivity index (χ2n) is 11.3. The van der Waals surface area contributed by atoms with Crippen LogP contribution in [0, 0.1) is 6.42 Å². The molecular formula is C36H59I5O4. The van der Waals surface area contributed by atoms with Gasteiger partial charge in [0.1, 0.15) is 5.57 Å². The Labute approximate surface area is 330 Å². The number of ether oxygens (including phenoxy) is 1. The molecule has 0 atom stereocenters. The van der Waals surface area contributed by atoms with Crippen molar-refractivity contribution in [3.8, 4) is 0 Å². The first-order valence-corrected chi connectivity index (χ1v) is 34.1. The second-order valence-corrected chi connectivity index (χ2v) is 27.5. The number of aliphatic carboxylic acids is 1. The van der Waals surface area contributed by atoms with Crippen molar-refractivity contribution in [2.75, 3.05) is 6.61 Å². The summed E-state index contributed by atoms with van der Waals surface area (Å²) in [6.45, 7) is 20.5. The Kier molecular flexibility index (Phi) is 46.1. The van der Waals surface area contributed by atoms with E-state index in [-0.39, 0.29) is 5.97 Å². The van der Waals surface area contributed by atoms with Crippen LogP contribution in [0.25, 0.3) is 0 Å².